The maximum Gasteiger partial charge on any atom is 0.0674 e. The molecule has 0 N–H and O–H groups in total. The van der Waals surface area contributed by atoms with E-state index in [0.717, 1.165) is 31.7 Å². The Labute approximate surface area is 97.2 Å². The average Bonchev–Trinajstić information content (AvgIpc) is 3.10. The fourth-order valence-corrected chi connectivity index (χ4v) is 2.79. The van der Waals surface area contributed by atoms with Crippen LogP contribution in [-0.2, 0) is 4.74 Å². The van der Waals surface area contributed by atoms with E-state index in [1.54, 1.807) is 0 Å². The number of hydrogen-bond acceptors (Lipinski definition) is 2. The zero-order valence-corrected chi connectivity index (χ0v) is 9.80. The van der Waals surface area contributed by atoms with E-state index in [1.165, 1.54) is 12.0 Å². The number of benzene rings is 1. The molecule has 0 radical (unpaired) electrons. The van der Waals surface area contributed by atoms with E-state index >= 15 is 0 Å². The van der Waals surface area contributed by atoms with E-state index in [0.29, 0.717) is 6.10 Å². The molecule has 1 aromatic carbocycles. The topological polar surface area (TPSA) is 12.5 Å². The maximum absolute atomic E-state index is 5.59. The van der Waals surface area contributed by atoms with Gasteiger partial charge in [0.2, 0.25) is 0 Å². The molecule has 3 unspecified atom stereocenters. The van der Waals surface area contributed by atoms with Crippen molar-refractivity contribution in [3.63, 3.8) is 0 Å². The summed E-state index contributed by atoms with van der Waals surface area (Å²) in [7, 11) is 0. The average molecular weight is 217 g/mol. The predicted octanol–water partition coefficient (Wildman–Crippen LogP) is 2.26. The van der Waals surface area contributed by atoms with Crippen LogP contribution in [0.1, 0.15) is 24.8 Å². The monoisotopic (exact) mass is 217 g/mol. The van der Waals surface area contributed by atoms with Gasteiger partial charge >= 0.3 is 0 Å². The zero-order chi connectivity index (χ0) is 11.0. The summed E-state index contributed by atoms with van der Waals surface area (Å²) in [5, 5.41) is 0. The highest BCUT2D eigenvalue weighted by molar-refractivity contribution is 5.27. The maximum atomic E-state index is 5.59. The van der Waals surface area contributed by atoms with Crippen molar-refractivity contribution >= 4 is 0 Å². The Morgan fingerprint density at radius 1 is 1.25 bits per heavy atom. The van der Waals surface area contributed by atoms with Crippen LogP contribution >= 0.6 is 0 Å². The first-order chi connectivity index (χ1) is 7.84. The predicted molar refractivity (Wildman–Crippen MR) is 64.6 cm³/mol. The van der Waals surface area contributed by atoms with Crippen molar-refractivity contribution in [2.75, 3.05) is 19.7 Å². The smallest absolute Gasteiger partial charge is 0.0674 e. The second-order valence-electron chi connectivity index (χ2n) is 5.00. The second-order valence-corrected chi connectivity index (χ2v) is 5.00. The van der Waals surface area contributed by atoms with Crippen LogP contribution in [0.3, 0.4) is 0 Å². The molecule has 2 fully saturated rings. The van der Waals surface area contributed by atoms with Crippen LogP contribution in [0.5, 0.6) is 0 Å². The molecule has 3 rings (SSSR count). The summed E-state index contributed by atoms with van der Waals surface area (Å²) in [5.41, 5.74) is 1.51. The van der Waals surface area contributed by atoms with Crippen LogP contribution in [0.15, 0.2) is 30.3 Å². The molecule has 1 aliphatic heterocycles. The van der Waals surface area contributed by atoms with Crippen LogP contribution < -0.4 is 0 Å². The Kier molecular flexibility index (Phi) is 2.70. The number of nitrogens with zero attached hydrogens (tertiary/aromatic N) is 1. The SMILES string of the molecule is CC1CN(C2CC2c2ccccc2)CCO1. The van der Waals surface area contributed by atoms with Crippen molar-refractivity contribution in [2.24, 2.45) is 0 Å². The molecule has 1 saturated carbocycles. The molecule has 1 heterocycles. The number of hydrogen-bond donors (Lipinski definition) is 0. The molecule has 2 nitrogen and oxygen atoms in total. The van der Waals surface area contributed by atoms with Crippen molar-refractivity contribution in [3.8, 4) is 0 Å². The minimum Gasteiger partial charge on any atom is -0.376 e. The van der Waals surface area contributed by atoms with E-state index in [-0.39, 0.29) is 0 Å². The number of morpholine rings is 1. The first-order valence-electron chi connectivity index (χ1n) is 6.25. The van der Waals surface area contributed by atoms with Gasteiger partial charge in [-0.05, 0) is 18.9 Å². The first kappa shape index (κ1) is 10.3. The summed E-state index contributed by atoms with van der Waals surface area (Å²) in [4.78, 5) is 2.60. The van der Waals surface area contributed by atoms with Gasteiger partial charge in [0.15, 0.2) is 0 Å². The first-order valence-corrected chi connectivity index (χ1v) is 6.25. The second kappa shape index (κ2) is 4.19. The van der Waals surface area contributed by atoms with Gasteiger partial charge in [-0.15, -0.1) is 0 Å². The van der Waals surface area contributed by atoms with Crippen LogP contribution in [0.2, 0.25) is 0 Å². The van der Waals surface area contributed by atoms with E-state index in [2.05, 4.69) is 42.2 Å². The Hall–Kier alpha value is -0.860. The molecule has 1 aliphatic carbocycles. The lowest BCUT2D eigenvalue weighted by Crippen LogP contribution is -2.42. The standard InChI is InChI=1S/C14H19NO/c1-11-10-15(7-8-16-11)14-9-13(14)12-5-3-2-4-6-12/h2-6,11,13-14H,7-10H2,1H3. The Balaban J connectivity index is 1.63. The van der Waals surface area contributed by atoms with Crippen LogP contribution in [0.25, 0.3) is 0 Å². The lowest BCUT2D eigenvalue weighted by Gasteiger charge is -2.31. The van der Waals surface area contributed by atoms with Gasteiger partial charge < -0.3 is 4.74 Å². The molecule has 2 heteroatoms. The summed E-state index contributed by atoms with van der Waals surface area (Å²) in [6, 6.07) is 11.7. The van der Waals surface area contributed by atoms with E-state index in [4.69, 9.17) is 4.74 Å². The van der Waals surface area contributed by atoms with Gasteiger partial charge in [0.1, 0.15) is 0 Å². The fourth-order valence-electron chi connectivity index (χ4n) is 2.79. The zero-order valence-electron chi connectivity index (χ0n) is 9.80. The lowest BCUT2D eigenvalue weighted by atomic mass is 10.1. The molecule has 3 atom stereocenters. The van der Waals surface area contributed by atoms with Crippen molar-refractivity contribution in [1.29, 1.82) is 0 Å². The van der Waals surface area contributed by atoms with Gasteiger partial charge in [0, 0.05) is 25.0 Å². The van der Waals surface area contributed by atoms with Crippen LogP contribution in [0, 0.1) is 0 Å². The molecule has 86 valence electrons. The van der Waals surface area contributed by atoms with Crippen molar-refractivity contribution in [3.05, 3.63) is 35.9 Å². The van der Waals surface area contributed by atoms with Crippen LogP contribution in [0.4, 0.5) is 0 Å². The quantitative estimate of drug-likeness (QED) is 0.753. The largest absolute Gasteiger partial charge is 0.376 e. The third-order valence-electron chi connectivity index (χ3n) is 3.73. The Morgan fingerprint density at radius 3 is 2.81 bits per heavy atom. The highest BCUT2D eigenvalue weighted by Gasteiger charge is 2.43. The molecule has 0 amide bonds. The van der Waals surface area contributed by atoms with Gasteiger partial charge in [-0.25, -0.2) is 0 Å². The van der Waals surface area contributed by atoms with Gasteiger partial charge in [0.05, 0.1) is 12.7 Å². The highest BCUT2D eigenvalue weighted by Crippen LogP contribution is 2.44. The Bertz CT molecular complexity index is 351. The van der Waals surface area contributed by atoms with Gasteiger partial charge in [-0.3, -0.25) is 4.90 Å². The summed E-state index contributed by atoms with van der Waals surface area (Å²) in [6.45, 7) is 5.29. The molecular formula is C14H19NO. The molecule has 0 aromatic heterocycles. The van der Waals surface area contributed by atoms with Crippen molar-refractivity contribution in [1.82, 2.24) is 4.90 Å². The van der Waals surface area contributed by atoms with Gasteiger partial charge in [-0.1, -0.05) is 30.3 Å². The Morgan fingerprint density at radius 2 is 2.06 bits per heavy atom. The number of rotatable bonds is 2. The molecule has 1 saturated heterocycles. The van der Waals surface area contributed by atoms with E-state index in [1.807, 2.05) is 0 Å². The highest BCUT2D eigenvalue weighted by atomic mass is 16.5. The van der Waals surface area contributed by atoms with E-state index in [9.17, 15) is 0 Å². The third-order valence-corrected chi connectivity index (χ3v) is 3.73. The van der Waals surface area contributed by atoms with E-state index < -0.39 is 0 Å². The minimum absolute atomic E-state index is 0.408. The van der Waals surface area contributed by atoms with Crippen molar-refractivity contribution < 1.29 is 4.74 Å². The summed E-state index contributed by atoms with van der Waals surface area (Å²) >= 11 is 0. The molecule has 0 spiro atoms. The molecule has 16 heavy (non-hydrogen) atoms. The summed E-state index contributed by atoms with van der Waals surface area (Å²) in [5.74, 6) is 0.770. The minimum atomic E-state index is 0.408. The van der Waals surface area contributed by atoms with Crippen molar-refractivity contribution in [2.45, 2.75) is 31.4 Å². The van der Waals surface area contributed by atoms with Gasteiger partial charge in [-0.2, -0.15) is 0 Å². The number of ether oxygens (including phenoxy) is 1. The van der Waals surface area contributed by atoms with Gasteiger partial charge in [0.25, 0.3) is 0 Å². The summed E-state index contributed by atoms with van der Waals surface area (Å²) < 4.78 is 5.59. The lowest BCUT2D eigenvalue weighted by molar-refractivity contribution is -0.0219. The molecule has 2 aliphatic rings. The third kappa shape index (κ3) is 2.00. The molecular weight excluding hydrogens is 198 g/mol. The van der Waals surface area contributed by atoms with Crippen LogP contribution in [-0.4, -0.2) is 36.7 Å². The fraction of sp³-hybridized carbons (Fsp3) is 0.571. The summed E-state index contributed by atoms with van der Waals surface area (Å²) in [6.07, 6.45) is 1.74. The molecule has 0 bridgehead atoms. The normalized spacial score (nSPS) is 34.9. The molecule has 1 aromatic rings.